The van der Waals surface area contributed by atoms with Crippen LogP contribution in [0.2, 0.25) is 0 Å². The van der Waals surface area contributed by atoms with Crippen LogP contribution in [0.5, 0.6) is 11.5 Å². The minimum absolute atomic E-state index is 0.116. The highest BCUT2D eigenvalue weighted by atomic mass is 79.9. The molecule has 220 valence electrons. The van der Waals surface area contributed by atoms with Crippen molar-refractivity contribution in [3.05, 3.63) is 119 Å². The first-order chi connectivity index (χ1) is 20.7. The molecule has 0 spiro atoms. The van der Waals surface area contributed by atoms with Gasteiger partial charge in [0, 0.05) is 12.5 Å². The molecule has 0 radical (unpaired) electrons. The highest BCUT2D eigenvalue weighted by Gasteiger charge is 2.35. The molecule has 0 saturated carbocycles. The quantitative estimate of drug-likeness (QED) is 0.191. The van der Waals surface area contributed by atoms with Crippen LogP contribution in [0.3, 0.4) is 0 Å². The standard InChI is InChI=1S/C32H26BrFN2O6S/c1-4-40-24-16-19(15-23(33)29(24)42-18(3)37)17-25-30(38)36-28(21-11-13-22(34)14-12-21)26(31(39)41-5-2)27(35-32(36)43-25)20-9-7-6-8-10-20/h6-17,28H,4-5H2,1-3H3/b25-17-/t28-/m1/s1. The van der Waals surface area contributed by atoms with E-state index in [1.165, 1.54) is 23.6 Å². The fourth-order valence-electron chi connectivity index (χ4n) is 4.73. The molecular formula is C32H26BrFN2O6S. The Balaban J connectivity index is 1.77. The van der Waals surface area contributed by atoms with Crippen LogP contribution in [0.4, 0.5) is 4.39 Å². The van der Waals surface area contributed by atoms with Gasteiger partial charge in [-0.3, -0.25) is 14.2 Å². The van der Waals surface area contributed by atoms with Crippen LogP contribution >= 0.6 is 27.3 Å². The number of benzene rings is 3. The van der Waals surface area contributed by atoms with Crippen molar-refractivity contribution in [2.45, 2.75) is 26.8 Å². The third-order valence-electron chi connectivity index (χ3n) is 6.43. The molecule has 0 amide bonds. The normalized spacial score (nSPS) is 14.6. The van der Waals surface area contributed by atoms with Crippen LogP contribution in [-0.4, -0.2) is 29.7 Å². The van der Waals surface area contributed by atoms with Crippen LogP contribution in [-0.2, 0) is 14.3 Å². The fraction of sp³-hybridized carbons (Fsp3) is 0.188. The van der Waals surface area contributed by atoms with Crippen molar-refractivity contribution in [3.63, 3.8) is 0 Å². The van der Waals surface area contributed by atoms with Gasteiger partial charge < -0.3 is 14.2 Å². The number of carbonyl (C=O) groups excluding carboxylic acids is 2. The summed E-state index contributed by atoms with van der Waals surface area (Å²) in [6.45, 7) is 5.23. The Bertz CT molecular complexity index is 1920. The van der Waals surface area contributed by atoms with Gasteiger partial charge in [0.25, 0.3) is 5.56 Å². The highest BCUT2D eigenvalue weighted by molar-refractivity contribution is 9.10. The summed E-state index contributed by atoms with van der Waals surface area (Å²) < 4.78 is 32.7. The predicted molar refractivity (Wildman–Crippen MR) is 164 cm³/mol. The number of hydrogen-bond acceptors (Lipinski definition) is 8. The Hall–Kier alpha value is -4.35. The third kappa shape index (κ3) is 6.23. The summed E-state index contributed by atoms with van der Waals surface area (Å²) >= 11 is 4.59. The molecule has 0 fully saturated rings. The van der Waals surface area contributed by atoms with Crippen LogP contribution in [0.15, 0.2) is 86.6 Å². The van der Waals surface area contributed by atoms with E-state index in [-0.39, 0.29) is 17.9 Å². The first kappa shape index (κ1) is 30.1. The number of halogens is 2. The topological polar surface area (TPSA) is 96.2 Å². The summed E-state index contributed by atoms with van der Waals surface area (Å²) in [7, 11) is 0. The lowest BCUT2D eigenvalue weighted by Crippen LogP contribution is -2.40. The molecule has 0 N–H and O–H groups in total. The lowest BCUT2D eigenvalue weighted by Gasteiger charge is -2.25. The summed E-state index contributed by atoms with van der Waals surface area (Å²) in [6, 6.07) is 17.3. The molecule has 1 atom stereocenters. The maximum atomic E-state index is 14.1. The largest absolute Gasteiger partial charge is 0.490 e. The molecule has 1 aliphatic rings. The van der Waals surface area contributed by atoms with Gasteiger partial charge in [0.15, 0.2) is 16.3 Å². The van der Waals surface area contributed by atoms with Gasteiger partial charge in [-0.2, -0.15) is 0 Å². The van der Waals surface area contributed by atoms with E-state index in [9.17, 15) is 18.8 Å². The number of aromatic nitrogens is 1. The van der Waals surface area contributed by atoms with Crippen LogP contribution in [0.1, 0.15) is 43.5 Å². The molecular weight excluding hydrogens is 639 g/mol. The molecule has 0 saturated heterocycles. The molecule has 11 heteroatoms. The van der Waals surface area contributed by atoms with Gasteiger partial charge in [0.1, 0.15) is 5.82 Å². The van der Waals surface area contributed by atoms with Crippen LogP contribution in [0, 0.1) is 5.82 Å². The first-order valence-electron chi connectivity index (χ1n) is 13.4. The monoisotopic (exact) mass is 664 g/mol. The maximum absolute atomic E-state index is 14.1. The van der Waals surface area contributed by atoms with Crippen LogP contribution < -0.4 is 24.4 Å². The van der Waals surface area contributed by atoms with Gasteiger partial charge in [-0.15, -0.1) is 0 Å². The summed E-state index contributed by atoms with van der Waals surface area (Å²) in [4.78, 5) is 44.4. The molecule has 5 rings (SSSR count). The maximum Gasteiger partial charge on any atom is 0.338 e. The number of esters is 2. The molecule has 1 aromatic heterocycles. The average molecular weight is 666 g/mol. The zero-order chi connectivity index (χ0) is 30.7. The van der Waals surface area contributed by atoms with E-state index in [1.807, 2.05) is 30.3 Å². The number of nitrogens with zero attached hydrogens (tertiary/aromatic N) is 2. The fourth-order valence-corrected chi connectivity index (χ4v) is 6.27. The first-order valence-corrected chi connectivity index (χ1v) is 15.0. The SMILES string of the molecule is CCOC(=O)C1=C(c2ccccc2)N=c2s/c(=C\c3cc(Br)c(OC(C)=O)c(OCC)c3)c(=O)n2[C@@H]1c1ccc(F)cc1. The van der Waals surface area contributed by atoms with Crippen molar-refractivity contribution < 1.29 is 28.2 Å². The Kier molecular flexibility index (Phi) is 9.02. The molecule has 0 unspecified atom stereocenters. The van der Waals surface area contributed by atoms with Crippen molar-refractivity contribution in [2.75, 3.05) is 13.2 Å². The van der Waals surface area contributed by atoms with Crippen molar-refractivity contribution in [3.8, 4) is 11.5 Å². The van der Waals surface area contributed by atoms with E-state index in [2.05, 4.69) is 15.9 Å². The van der Waals surface area contributed by atoms with Gasteiger partial charge in [-0.25, -0.2) is 14.2 Å². The molecule has 43 heavy (non-hydrogen) atoms. The summed E-state index contributed by atoms with van der Waals surface area (Å²) in [5, 5.41) is 0. The zero-order valence-corrected chi connectivity index (χ0v) is 25.8. The second kappa shape index (κ2) is 12.9. The molecule has 3 aromatic carbocycles. The van der Waals surface area contributed by atoms with Gasteiger partial charge in [0.05, 0.1) is 39.5 Å². The number of rotatable bonds is 8. The number of fused-ring (bicyclic) bond motifs is 1. The zero-order valence-electron chi connectivity index (χ0n) is 23.4. The van der Waals surface area contributed by atoms with Crippen LogP contribution in [0.25, 0.3) is 11.8 Å². The van der Waals surface area contributed by atoms with Crippen molar-refractivity contribution in [1.29, 1.82) is 0 Å². The van der Waals surface area contributed by atoms with Crippen molar-refractivity contribution in [1.82, 2.24) is 4.57 Å². The third-order valence-corrected chi connectivity index (χ3v) is 8.01. The highest BCUT2D eigenvalue weighted by Crippen LogP contribution is 2.38. The summed E-state index contributed by atoms with van der Waals surface area (Å²) in [5.74, 6) is -1.02. The van der Waals surface area contributed by atoms with E-state index in [4.69, 9.17) is 19.2 Å². The van der Waals surface area contributed by atoms with Gasteiger partial charge >= 0.3 is 11.9 Å². The van der Waals surface area contributed by atoms with Gasteiger partial charge in [0.2, 0.25) is 0 Å². The number of thiazole rings is 1. The van der Waals surface area contributed by atoms with Gasteiger partial charge in [-0.05, 0) is 71.2 Å². The number of carbonyl (C=O) groups is 2. The Morgan fingerprint density at radius 1 is 1.07 bits per heavy atom. The predicted octanol–water partition coefficient (Wildman–Crippen LogP) is 5.16. The smallest absolute Gasteiger partial charge is 0.338 e. The minimum Gasteiger partial charge on any atom is -0.490 e. The van der Waals surface area contributed by atoms with Gasteiger partial charge in [-0.1, -0.05) is 53.8 Å². The van der Waals surface area contributed by atoms with E-state index in [1.54, 1.807) is 44.2 Å². The molecule has 2 heterocycles. The molecule has 0 bridgehead atoms. The number of ether oxygens (including phenoxy) is 3. The minimum atomic E-state index is -0.926. The summed E-state index contributed by atoms with van der Waals surface area (Å²) in [6.07, 6.45) is 1.67. The molecule has 1 aliphatic heterocycles. The van der Waals surface area contributed by atoms with Crippen molar-refractivity contribution >= 4 is 51.0 Å². The number of hydrogen-bond donors (Lipinski definition) is 0. The lowest BCUT2D eigenvalue weighted by molar-refractivity contribution is -0.139. The molecule has 0 aliphatic carbocycles. The Morgan fingerprint density at radius 3 is 2.44 bits per heavy atom. The Morgan fingerprint density at radius 2 is 1.79 bits per heavy atom. The lowest BCUT2D eigenvalue weighted by atomic mass is 9.93. The summed E-state index contributed by atoms with van der Waals surface area (Å²) in [5.41, 5.74) is 1.93. The molecule has 4 aromatic rings. The average Bonchev–Trinajstić information content (AvgIpc) is 3.29. The molecule has 8 nitrogen and oxygen atoms in total. The van der Waals surface area contributed by atoms with E-state index in [0.717, 1.165) is 11.3 Å². The van der Waals surface area contributed by atoms with E-state index >= 15 is 0 Å². The van der Waals surface area contributed by atoms with E-state index in [0.29, 0.717) is 48.6 Å². The Labute approximate surface area is 258 Å². The second-order valence-electron chi connectivity index (χ2n) is 9.34. The van der Waals surface area contributed by atoms with Crippen molar-refractivity contribution in [2.24, 2.45) is 4.99 Å². The second-order valence-corrected chi connectivity index (χ2v) is 11.2. The van der Waals surface area contributed by atoms with E-state index < -0.39 is 29.4 Å².